The lowest BCUT2D eigenvalue weighted by Crippen LogP contribution is -2.48. The molecule has 0 aliphatic heterocycles. The molecule has 31 heavy (non-hydrogen) atoms. The predicted octanol–water partition coefficient (Wildman–Crippen LogP) is 3.99. The van der Waals surface area contributed by atoms with Gasteiger partial charge in [-0.25, -0.2) is 8.78 Å². The quantitative estimate of drug-likeness (QED) is 0.564. The van der Waals surface area contributed by atoms with Gasteiger partial charge in [0.25, 0.3) is 0 Å². The van der Waals surface area contributed by atoms with E-state index in [1.807, 2.05) is 0 Å². The summed E-state index contributed by atoms with van der Waals surface area (Å²) in [5, 5.41) is 17.0. The number of nitrogens with one attached hydrogen (secondary N) is 2. The van der Waals surface area contributed by atoms with Crippen LogP contribution in [0.25, 0.3) is 0 Å². The lowest BCUT2D eigenvalue weighted by Gasteiger charge is -2.30. The molecule has 0 saturated heterocycles. The first kappa shape index (κ1) is 23.4. The maximum atomic E-state index is 13.6. The molecule has 1 aliphatic rings. The molecule has 4 nitrogen and oxygen atoms in total. The van der Waals surface area contributed by atoms with Crippen LogP contribution in [0.5, 0.6) is 0 Å². The third kappa shape index (κ3) is 6.58. The summed E-state index contributed by atoms with van der Waals surface area (Å²) in [7, 11) is 0. The van der Waals surface area contributed by atoms with Crippen molar-refractivity contribution in [1.29, 1.82) is 0 Å². The zero-order chi connectivity index (χ0) is 22.4. The molecule has 3 rings (SSSR count). The minimum Gasteiger partial charge on any atom is -0.390 e. The summed E-state index contributed by atoms with van der Waals surface area (Å²) in [5.41, 5.74) is 4.33. The SMILES string of the molecule is CCCc1ccc2c(c1)[C@@H](NC[C@H](O)[C@@H](Cc1cc(F)cc(F)c1)NC(C)=O)CCC2. The highest BCUT2D eigenvalue weighted by atomic mass is 19.1. The van der Waals surface area contributed by atoms with E-state index in [-0.39, 0.29) is 24.9 Å². The summed E-state index contributed by atoms with van der Waals surface area (Å²) in [6, 6.07) is 9.43. The summed E-state index contributed by atoms with van der Waals surface area (Å²) < 4.78 is 27.1. The van der Waals surface area contributed by atoms with Crippen molar-refractivity contribution in [2.45, 2.75) is 70.6 Å². The van der Waals surface area contributed by atoms with E-state index in [9.17, 15) is 18.7 Å². The average molecular weight is 431 g/mol. The minimum atomic E-state index is -0.903. The highest BCUT2D eigenvalue weighted by Gasteiger charge is 2.25. The molecule has 0 spiro atoms. The standard InChI is InChI=1S/C25H32F2N2O2/c1-3-5-17-8-9-19-6-4-7-23(22(19)12-17)28-15-25(31)24(29-16(2)30)13-18-10-20(26)14-21(27)11-18/h8-12,14,23-25,28,31H,3-7,13,15H2,1-2H3,(H,29,30)/t23-,24+,25-/m0/s1. The lowest BCUT2D eigenvalue weighted by molar-refractivity contribution is -0.120. The molecule has 6 heteroatoms. The average Bonchev–Trinajstić information content (AvgIpc) is 2.70. The van der Waals surface area contributed by atoms with Gasteiger partial charge in [-0.3, -0.25) is 4.79 Å². The molecule has 0 saturated carbocycles. The van der Waals surface area contributed by atoms with E-state index in [0.29, 0.717) is 5.56 Å². The van der Waals surface area contributed by atoms with Crippen LogP contribution in [0.1, 0.15) is 61.4 Å². The second-order valence-corrected chi connectivity index (χ2v) is 8.49. The predicted molar refractivity (Wildman–Crippen MR) is 118 cm³/mol. The molecule has 1 amide bonds. The van der Waals surface area contributed by atoms with Crippen LogP contribution in [-0.4, -0.2) is 29.7 Å². The van der Waals surface area contributed by atoms with Gasteiger partial charge in [-0.15, -0.1) is 0 Å². The maximum Gasteiger partial charge on any atom is 0.217 e. The second-order valence-electron chi connectivity index (χ2n) is 8.49. The van der Waals surface area contributed by atoms with Gasteiger partial charge in [0.1, 0.15) is 11.6 Å². The molecule has 0 radical (unpaired) electrons. The van der Waals surface area contributed by atoms with Gasteiger partial charge in [-0.05, 0) is 66.5 Å². The second kappa shape index (κ2) is 10.8. The molecule has 3 atom stereocenters. The van der Waals surface area contributed by atoms with Crippen LogP contribution in [0.4, 0.5) is 8.78 Å². The first-order chi connectivity index (χ1) is 14.9. The summed E-state index contributed by atoms with van der Waals surface area (Å²) in [6.45, 7) is 3.80. The maximum absolute atomic E-state index is 13.6. The van der Waals surface area contributed by atoms with Gasteiger partial charge in [0.15, 0.2) is 0 Å². The molecule has 0 fully saturated rings. The Kier molecular flexibility index (Phi) is 8.15. The van der Waals surface area contributed by atoms with Crippen molar-refractivity contribution in [2.75, 3.05) is 6.54 Å². The molecule has 0 bridgehead atoms. The third-order valence-electron chi connectivity index (χ3n) is 5.87. The van der Waals surface area contributed by atoms with Crippen LogP contribution in [-0.2, 0) is 24.1 Å². The molecule has 3 N–H and O–H groups in total. The summed E-state index contributed by atoms with van der Waals surface area (Å²) in [6.07, 6.45) is 4.48. The van der Waals surface area contributed by atoms with Crippen molar-refractivity contribution in [2.24, 2.45) is 0 Å². The van der Waals surface area contributed by atoms with Gasteiger partial charge in [-0.1, -0.05) is 31.5 Å². The fourth-order valence-electron chi connectivity index (χ4n) is 4.44. The number of fused-ring (bicyclic) bond motifs is 1. The topological polar surface area (TPSA) is 61.4 Å². The Labute approximate surface area is 183 Å². The van der Waals surface area contributed by atoms with Gasteiger partial charge >= 0.3 is 0 Å². The Hall–Kier alpha value is -2.31. The van der Waals surface area contributed by atoms with E-state index >= 15 is 0 Å². The van der Waals surface area contributed by atoms with Crippen LogP contribution >= 0.6 is 0 Å². The van der Waals surface area contributed by atoms with E-state index in [4.69, 9.17) is 0 Å². The number of hydrogen-bond acceptors (Lipinski definition) is 3. The first-order valence-corrected chi connectivity index (χ1v) is 11.1. The zero-order valence-corrected chi connectivity index (χ0v) is 18.3. The molecule has 0 aromatic heterocycles. The Balaban J connectivity index is 1.69. The van der Waals surface area contributed by atoms with Crippen LogP contribution < -0.4 is 10.6 Å². The van der Waals surface area contributed by atoms with Crippen molar-refractivity contribution in [3.05, 3.63) is 70.3 Å². The van der Waals surface area contributed by atoms with E-state index in [1.54, 1.807) is 0 Å². The number of aliphatic hydroxyl groups is 1. The van der Waals surface area contributed by atoms with Crippen molar-refractivity contribution < 1.29 is 18.7 Å². The van der Waals surface area contributed by atoms with Crippen molar-refractivity contribution in [1.82, 2.24) is 10.6 Å². The van der Waals surface area contributed by atoms with Gasteiger partial charge in [0.2, 0.25) is 5.91 Å². The van der Waals surface area contributed by atoms with Gasteiger partial charge in [0, 0.05) is 25.6 Å². The minimum absolute atomic E-state index is 0.138. The van der Waals surface area contributed by atoms with E-state index in [2.05, 4.69) is 35.8 Å². The summed E-state index contributed by atoms with van der Waals surface area (Å²) in [4.78, 5) is 11.7. The molecule has 0 unspecified atom stereocenters. The molecule has 2 aromatic carbocycles. The third-order valence-corrected chi connectivity index (χ3v) is 5.87. The summed E-state index contributed by atoms with van der Waals surface area (Å²) >= 11 is 0. The normalized spacial score (nSPS) is 17.6. The number of carbonyl (C=O) groups is 1. The number of aliphatic hydroxyl groups excluding tert-OH is 1. The largest absolute Gasteiger partial charge is 0.390 e. The van der Waals surface area contributed by atoms with Gasteiger partial charge in [0.05, 0.1) is 12.1 Å². The molecule has 2 aromatic rings. The Morgan fingerprint density at radius 2 is 1.90 bits per heavy atom. The number of halogens is 2. The highest BCUT2D eigenvalue weighted by molar-refractivity contribution is 5.73. The van der Waals surface area contributed by atoms with Crippen LogP contribution in [0.3, 0.4) is 0 Å². The van der Waals surface area contributed by atoms with E-state index in [0.717, 1.165) is 38.2 Å². The van der Waals surface area contributed by atoms with Gasteiger partial charge in [-0.2, -0.15) is 0 Å². The van der Waals surface area contributed by atoms with Crippen molar-refractivity contribution in [3.63, 3.8) is 0 Å². The summed E-state index contributed by atoms with van der Waals surface area (Å²) in [5.74, 6) is -1.65. The number of hydrogen-bond donors (Lipinski definition) is 3. The Bertz CT molecular complexity index is 883. The lowest BCUT2D eigenvalue weighted by atomic mass is 9.86. The zero-order valence-electron chi connectivity index (χ0n) is 18.3. The molecular formula is C25H32F2N2O2. The van der Waals surface area contributed by atoms with Crippen LogP contribution in [0.2, 0.25) is 0 Å². The van der Waals surface area contributed by atoms with Crippen molar-refractivity contribution >= 4 is 5.91 Å². The van der Waals surface area contributed by atoms with Crippen LogP contribution in [0.15, 0.2) is 36.4 Å². The number of benzene rings is 2. The van der Waals surface area contributed by atoms with Crippen molar-refractivity contribution in [3.8, 4) is 0 Å². The fraction of sp³-hybridized carbons (Fsp3) is 0.480. The smallest absolute Gasteiger partial charge is 0.217 e. The van der Waals surface area contributed by atoms with Crippen LogP contribution in [0, 0.1) is 11.6 Å². The Morgan fingerprint density at radius 3 is 2.58 bits per heavy atom. The Morgan fingerprint density at radius 1 is 1.16 bits per heavy atom. The molecule has 0 heterocycles. The molecule has 1 aliphatic carbocycles. The highest BCUT2D eigenvalue weighted by Crippen LogP contribution is 2.31. The molecular weight excluding hydrogens is 398 g/mol. The van der Waals surface area contributed by atoms with E-state index < -0.39 is 23.8 Å². The van der Waals surface area contributed by atoms with Gasteiger partial charge < -0.3 is 15.7 Å². The van der Waals surface area contributed by atoms with E-state index in [1.165, 1.54) is 35.7 Å². The molecule has 168 valence electrons. The first-order valence-electron chi connectivity index (χ1n) is 11.1. The fourth-order valence-corrected chi connectivity index (χ4v) is 4.44. The number of carbonyl (C=O) groups excluding carboxylic acids is 1. The monoisotopic (exact) mass is 430 g/mol. The number of amides is 1. The number of aryl methyl sites for hydroxylation is 2. The number of rotatable bonds is 9.